The van der Waals surface area contributed by atoms with Crippen molar-refractivity contribution in [2.24, 2.45) is 0 Å². The van der Waals surface area contributed by atoms with E-state index in [1.165, 1.54) is 5.56 Å². The van der Waals surface area contributed by atoms with Gasteiger partial charge in [-0.2, -0.15) is 11.8 Å². The first-order valence-corrected chi connectivity index (χ1v) is 7.66. The van der Waals surface area contributed by atoms with Gasteiger partial charge in [0.15, 0.2) is 5.82 Å². The summed E-state index contributed by atoms with van der Waals surface area (Å²) < 4.78 is 0. The highest BCUT2D eigenvalue weighted by molar-refractivity contribution is 7.98. The van der Waals surface area contributed by atoms with E-state index in [-0.39, 0.29) is 0 Å². The van der Waals surface area contributed by atoms with Crippen molar-refractivity contribution in [3.05, 3.63) is 35.7 Å². The standard InChI is InChI=1S/C14H16N4S/c1-2-6-16-13-10-8-19-9-12(10)17-14(18-13)11-5-3-4-7-15-11/h3-5,7H,2,6,8-9H2,1H3,(H,16,17,18). The molecular formula is C14H16N4S. The van der Waals surface area contributed by atoms with Crippen molar-refractivity contribution < 1.29 is 0 Å². The molecule has 3 heterocycles. The van der Waals surface area contributed by atoms with Gasteiger partial charge in [-0.15, -0.1) is 0 Å². The van der Waals surface area contributed by atoms with Gasteiger partial charge in [0.05, 0.1) is 5.69 Å². The molecule has 0 atom stereocenters. The highest BCUT2D eigenvalue weighted by atomic mass is 32.2. The van der Waals surface area contributed by atoms with Gasteiger partial charge in [0.1, 0.15) is 11.5 Å². The van der Waals surface area contributed by atoms with Gasteiger partial charge in [-0.3, -0.25) is 4.98 Å². The maximum atomic E-state index is 4.66. The third-order valence-electron chi connectivity index (χ3n) is 3.01. The zero-order valence-corrected chi connectivity index (χ0v) is 11.7. The highest BCUT2D eigenvalue weighted by Crippen LogP contribution is 2.34. The largest absolute Gasteiger partial charge is 0.370 e. The SMILES string of the molecule is CCCNc1nc(-c2ccccn2)nc2c1CSC2. The van der Waals surface area contributed by atoms with E-state index in [2.05, 4.69) is 27.2 Å². The number of hydrogen-bond acceptors (Lipinski definition) is 5. The number of rotatable bonds is 4. The summed E-state index contributed by atoms with van der Waals surface area (Å²) in [6.07, 6.45) is 2.87. The number of anilines is 1. The van der Waals surface area contributed by atoms with Gasteiger partial charge in [-0.1, -0.05) is 13.0 Å². The summed E-state index contributed by atoms with van der Waals surface area (Å²) in [5, 5.41) is 3.41. The third kappa shape index (κ3) is 2.56. The molecule has 98 valence electrons. The first kappa shape index (κ1) is 12.4. The van der Waals surface area contributed by atoms with E-state index in [1.807, 2.05) is 30.0 Å². The summed E-state index contributed by atoms with van der Waals surface area (Å²) in [7, 11) is 0. The molecule has 0 amide bonds. The molecule has 0 bridgehead atoms. The van der Waals surface area contributed by atoms with E-state index in [0.717, 1.165) is 47.5 Å². The molecule has 0 saturated heterocycles. The molecule has 3 rings (SSSR count). The molecule has 5 heteroatoms. The van der Waals surface area contributed by atoms with Crippen LogP contribution >= 0.6 is 11.8 Å². The van der Waals surface area contributed by atoms with Crippen molar-refractivity contribution in [1.82, 2.24) is 15.0 Å². The second-order valence-electron chi connectivity index (χ2n) is 4.46. The smallest absolute Gasteiger partial charge is 0.180 e. The van der Waals surface area contributed by atoms with E-state index < -0.39 is 0 Å². The molecule has 0 aliphatic carbocycles. The van der Waals surface area contributed by atoms with Crippen LogP contribution in [0.4, 0.5) is 5.82 Å². The minimum atomic E-state index is 0.723. The lowest BCUT2D eigenvalue weighted by atomic mass is 10.2. The number of thioether (sulfide) groups is 1. The molecule has 0 saturated carbocycles. The van der Waals surface area contributed by atoms with Crippen molar-refractivity contribution >= 4 is 17.6 Å². The van der Waals surface area contributed by atoms with Crippen LogP contribution in [-0.4, -0.2) is 21.5 Å². The van der Waals surface area contributed by atoms with Gasteiger partial charge in [-0.05, 0) is 18.6 Å². The Morgan fingerprint density at radius 3 is 3.00 bits per heavy atom. The van der Waals surface area contributed by atoms with E-state index in [0.29, 0.717) is 0 Å². The highest BCUT2D eigenvalue weighted by Gasteiger charge is 2.20. The first-order chi connectivity index (χ1) is 9.38. The fraction of sp³-hybridized carbons (Fsp3) is 0.357. The van der Waals surface area contributed by atoms with Crippen LogP contribution in [0.3, 0.4) is 0 Å². The number of aromatic nitrogens is 3. The van der Waals surface area contributed by atoms with Crippen LogP contribution in [0.25, 0.3) is 11.5 Å². The number of hydrogen-bond donors (Lipinski definition) is 1. The molecule has 0 fully saturated rings. The Bertz CT molecular complexity index is 571. The van der Waals surface area contributed by atoms with Gasteiger partial charge in [0, 0.05) is 29.8 Å². The Morgan fingerprint density at radius 1 is 1.26 bits per heavy atom. The molecular weight excluding hydrogens is 256 g/mol. The van der Waals surface area contributed by atoms with Crippen molar-refractivity contribution in [2.75, 3.05) is 11.9 Å². The van der Waals surface area contributed by atoms with Crippen LogP contribution in [0.15, 0.2) is 24.4 Å². The van der Waals surface area contributed by atoms with Crippen LogP contribution in [0, 0.1) is 0 Å². The second-order valence-corrected chi connectivity index (χ2v) is 5.44. The summed E-state index contributed by atoms with van der Waals surface area (Å²) in [4.78, 5) is 13.6. The molecule has 0 unspecified atom stereocenters. The molecule has 1 aliphatic rings. The van der Waals surface area contributed by atoms with E-state index >= 15 is 0 Å². The fourth-order valence-electron chi connectivity index (χ4n) is 2.05. The van der Waals surface area contributed by atoms with Crippen LogP contribution in [-0.2, 0) is 11.5 Å². The Kier molecular flexibility index (Phi) is 3.64. The Morgan fingerprint density at radius 2 is 2.21 bits per heavy atom. The molecule has 1 aliphatic heterocycles. The molecule has 19 heavy (non-hydrogen) atoms. The van der Waals surface area contributed by atoms with Crippen LogP contribution in [0.2, 0.25) is 0 Å². The molecule has 1 N–H and O–H groups in total. The Balaban J connectivity index is 2.02. The van der Waals surface area contributed by atoms with E-state index in [1.54, 1.807) is 6.20 Å². The lowest BCUT2D eigenvalue weighted by Gasteiger charge is -2.10. The lowest BCUT2D eigenvalue weighted by Crippen LogP contribution is -2.08. The molecule has 4 nitrogen and oxygen atoms in total. The summed E-state index contributed by atoms with van der Waals surface area (Å²) in [5.74, 6) is 3.68. The molecule has 2 aromatic heterocycles. The van der Waals surface area contributed by atoms with Gasteiger partial charge in [0.25, 0.3) is 0 Å². The second kappa shape index (κ2) is 5.57. The van der Waals surface area contributed by atoms with Gasteiger partial charge < -0.3 is 5.32 Å². The Hall–Kier alpha value is -1.62. The molecule has 2 aromatic rings. The van der Waals surface area contributed by atoms with Gasteiger partial charge >= 0.3 is 0 Å². The Labute approximate surface area is 117 Å². The predicted octanol–water partition coefficient (Wildman–Crippen LogP) is 3.11. The molecule has 0 radical (unpaired) electrons. The number of fused-ring (bicyclic) bond motifs is 1. The summed E-state index contributed by atoms with van der Waals surface area (Å²) in [5.41, 5.74) is 3.25. The maximum Gasteiger partial charge on any atom is 0.180 e. The average molecular weight is 272 g/mol. The third-order valence-corrected chi connectivity index (χ3v) is 3.98. The van der Waals surface area contributed by atoms with E-state index in [9.17, 15) is 0 Å². The fourth-order valence-corrected chi connectivity index (χ4v) is 3.09. The minimum absolute atomic E-state index is 0.723. The van der Waals surface area contributed by atoms with Crippen molar-refractivity contribution in [3.63, 3.8) is 0 Å². The van der Waals surface area contributed by atoms with Crippen molar-refractivity contribution in [3.8, 4) is 11.5 Å². The summed E-state index contributed by atoms with van der Waals surface area (Å²) in [6, 6.07) is 5.82. The maximum absolute atomic E-state index is 4.66. The number of nitrogens with one attached hydrogen (secondary N) is 1. The first-order valence-electron chi connectivity index (χ1n) is 6.51. The molecule has 0 spiro atoms. The lowest BCUT2D eigenvalue weighted by molar-refractivity contribution is 0.953. The van der Waals surface area contributed by atoms with E-state index in [4.69, 9.17) is 0 Å². The topological polar surface area (TPSA) is 50.7 Å². The zero-order valence-electron chi connectivity index (χ0n) is 10.9. The van der Waals surface area contributed by atoms with Crippen molar-refractivity contribution in [2.45, 2.75) is 24.9 Å². The number of pyridine rings is 1. The van der Waals surface area contributed by atoms with Gasteiger partial charge in [0.2, 0.25) is 0 Å². The van der Waals surface area contributed by atoms with Crippen molar-refractivity contribution in [1.29, 1.82) is 0 Å². The zero-order chi connectivity index (χ0) is 13.1. The quantitative estimate of drug-likeness (QED) is 0.926. The average Bonchev–Trinajstić information content (AvgIpc) is 2.94. The van der Waals surface area contributed by atoms with Crippen LogP contribution in [0.1, 0.15) is 24.6 Å². The van der Waals surface area contributed by atoms with Crippen LogP contribution in [0.5, 0.6) is 0 Å². The number of nitrogens with zero attached hydrogens (tertiary/aromatic N) is 3. The minimum Gasteiger partial charge on any atom is -0.370 e. The van der Waals surface area contributed by atoms with Gasteiger partial charge in [-0.25, -0.2) is 9.97 Å². The summed E-state index contributed by atoms with van der Waals surface area (Å²) >= 11 is 1.89. The normalized spacial score (nSPS) is 13.3. The van der Waals surface area contributed by atoms with Crippen LogP contribution < -0.4 is 5.32 Å². The monoisotopic (exact) mass is 272 g/mol. The summed E-state index contributed by atoms with van der Waals surface area (Å²) in [6.45, 7) is 3.10. The predicted molar refractivity (Wildman–Crippen MR) is 79.0 cm³/mol. The molecule has 0 aromatic carbocycles.